The van der Waals surface area contributed by atoms with Crippen LogP contribution in [0.4, 0.5) is 5.69 Å². The van der Waals surface area contributed by atoms with Gasteiger partial charge in [0.15, 0.2) is 11.9 Å². The zero-order chi connectivity index (χ0) is 13.7. The summed E-state index contributed by atoms with van der Waals surface area (Å²) in [6.45, 7) is 1.77. The third-order valence-electron chi connectivity index (χ3n) is 3.01. The second-order valence-corrected chi connectivity index (χ2v) is 4.97. The summed E-state index contributed by atoms with van der Waals surface area (Å²) in [4.78, 5) is 1.96. The zero-order valence-electron chi connectivity index (χ0n) is 10.7. The highest BCUT2D eigenvalue weighted by molar-refractivity contribution is 6.30. The molecule has 4 N–H and O–H groups in total. The van der Waals surface area contributed by atoms with Crippen LogP contribution in [0.2, 0.25) is 5.02 Å². The van der Waals surface area contributed by atoms with Crippen molar-refractivity contribution in [1.82, 2.24) is 10.2 Å². The Labute approximate surface area is 118 Å². The number of halogens is 1. The van der Waals surface area contributed by atoms with E-state index in [0.29, 0.717) is 5.02 Å². The molecule has 0 spiro atoms. The Morgan fingerprint density at radius 1 is 1.16 bits per heavy atom. The Hall–Kier alpha value is -1.75. The summed E-state index contributed by atoms with van der Waals surface area (Å²) in [6.07, 6.45) is 3.44. The SMILES string of the molecule is N=C(NC(=N)N1CCCCC1)Nc1cccc(Cl)c1. The molecule has 0 atom stereocenters. The quantitative estimate of drug-likeness (QED) is 0.472. The summed E-state index contributed by atoms with van der Waals surface area (Å²) in [6, 6.07) is 7.16. The van der Waals surface area contributed by atoms with Crippen LogP contribution in [0.3, 0.4) is 0 Å². The molecule has 0 amide bonds. The van der Waals surface area contributed by atoms with Crippen molar-refractivity contribution in [3.05, 3.63) is 29.3 Å². The number of nitrogens with zero attached hydrogens (tertiary/aromatic N) is 1. The third kappa shape index (κ3) is 4.13. The first-order valence-electron chi connectivity index (χ1n) is 6.37. The van der Waals surface area contributed by atoms with E-state index in [2.05, 4.69) is 10.6 Å². The van der Waals surface area contributed by atoms with Gasteiger partial charge in [-0.2, -0.15) is 0 Å². The summed E-state index contributed by atoms with van der Waals surface area (Å²) in [5.74, 6) is 0.358. The molecule has 5 nitrogen and oxygen atoms in total. The van der Waals surface area contributed by atoms with Crippen molar-refractivity contribution in [1.29, 1.82) is 10.8 Å². The number of guanidine groups is 2. The fourth-order valence-corrected chi connectivity index (χ4v) is 2.25. The van der Waals surface area contributed by atoms with Crippen LogP contribution >= 0.6 is 11.6 Å². The van der Waals surface area contributed by atoms with Crippen LogP contribution in [0, 0.1) is 10.8 Å². The summed E-state index contributed by atoms with van der Waals surface area (Å²) < 4.78 is 0. The first-order chi connectivity index (χ1) is 9.15. The molecule has 1 aliphatic heterocycles. The van der Waals surface area contributed by atoms with Gasteiger partial charge < -0.3 is 10.2 Å². The molecular weight excluding hydrogens is 262 g/mol. The highest BCUT2D eigenvalue weighted by Crippen LogP contribution is 2.14. The monoisotopic (exact) mass is 279 g/mol. The van der Waals surface area contributed by atoms with Crippen LogP contribution in [0.15, 0.2) is 24.3 Å². The fourth-order valence-electron chi connectivity index (χ4n) is 2.06. The first kappa shape index (κ1) is 13.7. The molecule has 1 heterocycles. The van der Waals surface area contributed by atoms with Crippen LogP contribution in [0.25, 0.3) is 0 Å². The van der Waals surface area contributed by atoms with Crippen molar-refractivity contribution in [3.63, 3.8) is 0 Å². The van der Waals surface area contributed by atoms with Gasteiger partial charge in [0, 0.05) is 23.8 Å². The van der Waals surface area contributed by atoms with Gasteiger partial charge in [0.25, 0.3) is 0 Å². The molecular formula is C13H18ClN5. The van der Waals surface area contributed by atoms with Gasteiger partial charge in [0.05, 0.1) is 0 Å². The van der Waals surface area contributed by atoms with Crippen molar-refractivity contribution >= 4 is 29.2 Å². The van der Waals surface area contributed by atoms with Gasteiger partial charge in [-0.05, 0) is 37.5 Å². The number of benzene rings is 1. The molecule has 0 radical (unpaired) electrons. The van der Waals surface area contributed by atoms with Crippen molar-refractivity contribution in [2.24, 2.45) is 0 Å². The lowest BCUT2D eigenvalue weighted by molar-refractivity contribution is 0.334. The molecule has 0 unspecified atom stereocenters. The van der Waals surface area contributed by atoms with Gasteiger partial charge in [-0.25, -0.2) is 0 Å². The number of likely N-dealkylation sites (tertiary alicyclic amines) is 1. The molecule has 1 aliphatic rings. The predicted molar refractivity (Wildman–Crippen MR) is 79.1 cm³/mol. The standard InChI is InChI=1S/C13H18ClN5/c14-10-5-4-6-11(9-10)17-12(15)18-13(16)19-7-2-1-3-8-19/h4-6,9H,1-3,7-8H2,(H4,15,16,17,18). The van der Waals surface area contributed by atoms with E-state index < -0.39 is 0 Å². The highest BCUT2D eigenvalue weighted by Gasteiger charge is 2.14. The van der Waals surface area contributed by atoms with E-state index >= 15 is 0 Å². The number of anilines is 1. The largest absolute Gasteiger partial charge is 0.343 e. The lowest BCUT2D eigenvalue weighted by Crippen LogP contribution is -2.47. The van der Waals surface area contributed by atoms with Gasteiger partial charge in [0.2, 0.25) is 0 Å². The van der Waals surface area contributed by atoms with E-state index in [4.69, 9.17) is 22.4 Å². The molecule has 1 aromatic carbocycles. The lowest BCUT2D eigenvalue weighted by Gasteiger charge is -2.29. The van der Waals surface area contributed by atoms with Crippen LogP contribution in [-0.2, 0) is 0 Å². The third-order valence-corrected chi connectivity index (χ3v) is 3.24. The number of nitrogens with one attached hydrogen (secondary N) is 4. The van der Waals surface area contributed by atoms with E-state index in [1.54, 1.807) is 12.1 Å². The molecule has 102 valence electrons. The molecule has 1 fully saturated rings. The average Bonchev–Trinajstić information content (AvgIpc) is 2.39. The Morgan fingerprint density at radius 2 is 1.89 bits per heavy atom. The van der Waals surface area contributed by atoms with Crippen molar-refractivity contribution in [2.75, 3.05) is 18.4 Å². The maximum Gasteiger partial charge on any atom is 0.199 e. The summed E-state index contributed by atoms with van der Waals surface area (Å²) in [7, 11) is 0. The van der Waals surface area contributed by atoms with Crippen molar-refractivity contribution in [3.8, 4) is 0 Å². The molecule has 1 saturated heterocycles. The van der Waals surface area contributed by atoms with E-state index in [-0.39, 0.29) is 11.9 Å². The highest BCUT2D eigenvalue weighted by atomic mass is 35.5. The Bertz CT molecular complexity index is 468. The number of piperidine rings is 1. The van der Waals surface area contributed by atoms with Crippen LogP contribution in [-0.4, -0.2) is 29.9 Å². The Balaban J connectivity index is 1.85. The van der Waals surface area contributed by atoms with E-state index in [1.807, 2.05) is 17.0 Å². The summed E-state index contributed by atoms with van der Waals surface area (Å²) in [5.41, 5.74) is 0.733. The Kier molecular flexibility index (Phi) is 4.63. The lowest BCUT2D eigenvalue weighted by atomic mass is 10.1. The molecule has 6 heteroatoms. The minimum absolute atomic E-state index is 0.0813. The fraction of sp³-hybridized carbons (Fsp3) is 0.385. The van der Waals surface area contributed by atoms with Crippen molar-refractivity contribution < 1.29 is 0 Å². The molecule has 0 aliphatic carbocycles. The molecule has 0 saturated carbocycles. The van der Waals surface area contributed by atoms with Gasteiger partial charge in [-0.1, -0.05) is 17.7 Å². The van der Waals surface area contributed by atoms with Gasteiger partial charge >= 0.3 is 0 Å². The van der Waals surface area contributed by atoms with Crippen LogP contribution < -0.4 is 10.6 Å². The molecule has 0 aromatic heterocycles. The van der Waals surface area contributed by atoms with Crippen LogP contribution in [0.1, 0.15) is 19.3 Å². The van der Waals surface area contributed by atoms with E-state index in [0.717, 1.165) is 31.6 Å². The maximum absolute atomic E-state index is 7.93. The first-order valence-corrected chi connectivity index (χ1v) is 6.74. The summed E-state index contributed by atoms with van der Waals surface area (Å²) >= 11 is 5.87. The van der Waals surface area contributed by atoms with Gasteiger partial charge in [-0.3, -0.25) is 16.1 Å². The number of rotatable bonds is 1. The molecule has 1 aromatic rings. The van der Waals surface area contributed by atoms with E-state index in [1.165, 1.54) is 6.42 Å². The van der Waals surface area contributed by atoms with E-state index in [9.17, 15) is 0 Å². The average molecular weight is 280 g/mol. The minimum atomic E-state index is 0.0813. The van der Waals surface area contributed by atoms with Gasteiger partial charge in [0.1, 0.15) is 0 Å². The van der Waals surface area contributed by atoms with Crippen molar-refractivity contribution in [2.45, 2.75) is 19.3 Å². The molecule has 2 rings (SSSR count). The molecule has 0 bridgehead atoms. The predicted octanol–water partition coefficient (Wildman–Crippen LogP) is 2.70. The summed E-state index contributed by atoms with van der Waals surface area (Å²) in [5, 5.41) is 22.0. The normalized spacial score (nSPS) is 14.9. The maximum atomic E-state index is 7.93. The topological polar surface area (TPSA) is 75.0 Å². The second-order valence-electron chi connectivity index (χ2n) is 4.53. The molecule has 19 heavy (non-hydrogen) atoms. The van der Waals surface area contributed by atoms with Crippen LogP contribution in [0.5, 0.6) is 0 Å². The second kappa shape index (κ2) is 6.43. The number of hydrogen-bond donors (Lipinski definition) is 4. The minimum Gasteiger partial charge on any atom is -0.343 e. The zero-order valence-corrected chi connectivity index (χ0v) is 11.4. The number of hydrogen-bond acceptors (Lipinski definition) is 2. The van der Waals surface area contributed by atoms with Gasteiger partial charge in [-0.15, -0.1) is 0 Å². The Morgan fingerprint density at radius 3 is 2.58 bits per heavy atom. The smallest absolute Gasteiger partial charge is 0.199 e.